The summed E-state index contributed by atoms with van der Waals surface area (Å²) in [5, 5.41) is 2.15. The number of carbonyl (C=O) groups excluding carboxylic acids is 1. The topological polar surface area (TPSA) is 76.1 Å². The van der Waals surface area contributed by atoms with E-state index in [-0.39, 0.29) is 33.3 Å². The van der Waals surface area contributed by atoms with Gasteiger partial charge in [-0.2, -0.15) is 13.2 Å². The number of alkyl halides is 3. The predicted molar refractivity (Wildman–Crippen MR) is 89.6 cm³/mol. The lowest BCUT2D eigenvalue weighted by Crippen LogP contribution is -2.24. The number of amides is 1. The van der Waals surface area contributed by atoms with Crippen LogP contribution in [0.15, 0.2) is 41.6 Å². The number of carbonyl (C=O) groups is 1. The average Bonchev–Trinajstić information content (AvgIpc) is 2.58. The number of nitrogens with one attached hydrogen (secondary N) is 1. The van der Waals surface area contributed by atoms with Crippen LogP contribution in [0.3, 0.4) is 0 Å². The zero-order chi connectivity index (χ0) is 19.5. The average molecular weight is 407 g/mol. The molecule has 0 atom stereocenters. The van der Waals surface area contributed by atoms with E-state index in [0.717, 1.165) is 6.07 Å². The van der Waals surface area contributed by atoms with Gasteiger partial charge in [0.2, 0.25) is 0 Å². The third-order valence-corrected chi connectivity index (χ3v) is 5.55. The lowest BCUT2D eigenvalue weighted by atomic mass is 10.1. The van der Waals surface area contributed by atoms with Gasteiger partial charge in [-0.1, -0.05) is 18.5 Å². The summed E-state index contributed by atoms with van der Waals surface area (Å²) in [5.74, 6) is -0.956. The summed E-state index contributed by atoms with van der Waals surface area (Å²) >= 11 is 5.65. The predicted octanol–water partition coefficient (Wildman–Crippen LogP) is 3.48. The van der Waals surface area contributed by atoms with Gasteiger partial charge in [0, 0.05) is 35.1 Å². The molecule has 2 rings (SSSR count). The molecule has 0 saturated heterocycles. The minimum atomic E-state index is -4.65. The van der Waals surface area contributed by atoms with Crippen LogP contribution in [0.4, 0.5) is 13.2 Å². The highest BCUT2D eigenvalue weighted by molar-refractivity contribution is 7.91. The maximum Gasteiger partial charge on any atom is 0.416 e. The van der Waals surface area contributed by atoms with Crippen molar-refractivity contribution in [3.8, 4) is 0 Å². The van der Waals surface area contributed by atoms with Crippen molar-refractivity contribution in [1.29, 1.82) is 0 Å². The molecule has 0 aliphatic carbocycles. The molecule has 0 aliphatic rings. The van der Waals surface area contributed by atoms with E-state index < -0.39 is 27.5 Å². The van der Waals surface area contributed by atoms with Crippen molar-refractivity contribution in [3.63, 3.8) is 0 Å². The molecule has 2 aromatic rings. The second kappa shape index (κ2) is 7.63. The van der Waals surface area contributed by atoms with Crippen LogP contribution in [0.1, 0.15) is 28.4 Å². The van der Waals surface area contributed by atoms with Crippen LogP contribution in [0.5, 0.6) is 0 Å². The molecule has 5 nitrogen and oxygen atoms in total. The number of pyridine rings is 1. The van der Waals surface area contributed by atoms with Crippen molar-refractivity contribution in [2.75, 3.05) is 5.75 Å². The SMILES string of the molecule is CCS(=O)(=O)c1ccncc1CNC(=O)c1cc(Cl)cc(C(F)(F)F)c1. The monoisotopic (exact) mass is 406 g/mol. The fraction of sp³-hybridized carbons (Fsp3) is 0.250. The summed E-state index contributed by atoms with van der Waals surface area (Å²) in [6, 6.07) is 3.79. The summed E-state index contributed by atoms with van der Waals surface area (Å²) in [4.78, 5) is 16.0. The van der Waals surface area contributed by atoms with Crippen LogP contribution in [-0.2, 0) is 22.6 Å². The number of nitrogens with zero attached hydrogens (tertiary/aromatic N) is 1. The molecule has 0 spiro atoms. The first-order valence-corrected chi connectivity index (χ1v) is 9.39. The Morgan fingerprint density at radius 2 is 1.96 bits per heavy atom. The molecule has 0 fully saturated rings. The van der Waals surface area contributed by atoms with Gasteiger partial charge in [0.1, 0.15) is 0 Å². The van der Waals surface area contributed by atoms with Crippen molar-refractivity contribution < 1.29 is 26.4 Å². The van der Waals surface area contributed by atoms with Gasteiger partial charge in [0.05, 0.1) is 16.2 Å². The van der Waals surface area contributed by atoms with Crippen molar-refractivity contribution in [2.45, 2.75) is 24.5 Å². The molecule has 1 aromatic carbocycles. The first-order chi connectivity index (χ1) is 12.0. The number of halogens is 4. The molecular weight excluding hydrogens is 393 g/mol. The number of aromatic nitrogens is 1. The number of hydrogen-bond donors (Lipinski definition) is 1. The Kier molecular flexibility index (Phi) is 5.92. The highest BCUT2D eigenvalue weighted by atomic mass is 35.5. The molecule has 10 heteroatoms. The van der Waals surface area contributed by atoms with Crippen LogP contribution in [-0.4, -0.2) is 25.1 Å². The lowest BCUT2D eigenvalue weighted by molar-refractivity contribution is -0.137. The lowest BCUT2D eigenvalue weighted by Gasteiger charge is -2.12. The third-order valence-electron chi connectivity index (χ3n) is 3.50. The fourth-order valence-electron chi connectivity index (χ4n) is 2.17. The Bertz CT molecular complexity index is 931. The minimum absolute atomic E-state index is 0.0115. The zero-order valence-corrected chi connectivity index (χ0v) is 15.0. The number of benzene rings is 1. The number of rotatable bonds is 5. The molecule has 1 aromatic heterocycles. The van der Waals surface area contributed by atoms with Crippen LogP contribution in [0.25, 0.3) is 0 Å². The minimum Gasteiger partial charge on any atom is -0.348 e. The summed E-state index contributed by atoms with van der Waals surface area (Å²) in [7, 11) is -3.54. The van der Waals surface area contributed by atoms with Gasteiger partial charge in [-0.3, -0.25) is 9.78 Å². The van der Waals surface area contributed by atoms with E-state index in [1.807, 2.05) is 0 Å². The van der Waals surface area contributed by atoms with Crippen molar-refractivity contribution in [3.05, 3.63) is 58.4 Å². The molecule has 0 aliphatic heterocycles. The Morgan fingerprint density at radius 3 is 2.58 bits per heavy atom. The van der Waals surface area contributed by atoms with Crippen LogP contribution in [0, 0.1) is 0 Å². The maximum absolute atomic E-state index is 12.8. The van der Waals surface area contributed by atoms with Gasteiger partial charge in [-0.25, -0.2) is 8.42 Å². The molecule has 1 amide bonds. The van der Waals surface area contributed by atoms with E-state index in [1.165, 1.54) is 25.4 Å². The summed E-state index contributed by atoms with van der Waals surface area (Å²) in [6.07, 6.45) is -2.06. The van der Waals surface area contributed by atoms with Gasteiger partial charge in [-0.05, 0) is 24.3 Å². The fourth-order valence-corrected chi connectivity index (χ4v) is 3.51. The molecule has 0 saturated carbocycles. The highest BCUT2D eigenvalue weighted by Gasteiger charge is 2.31. The zero-order valence-electron chi connectivity index (χ0n) is 13.5. The third kappa shape index (κ3) is 4.73. The molecule has 0 radical (unpaired) electrons. The Labute approximate surface area is 153 Å². The Hall–Kier alpha value is -2.13. The smallest absolute Gasteiger partial charge is 0.348 e. The number of sulfone groups is 1. The summed E-state index contributed by atoms with van der Waals surface area (Å²) in [6.45, 7) is 1.26. The second-order valence-electron chi connectivity index (χ2n) is 5.30. The van der Waals surface area contributed by atoms with Crippen molar-refractivity contribution in [1.82, 2.24) is 10.3 Å². The summed E-state index contributed by atoms with van der Waals surface area (Å²) < 4.78 is 62.6. The second-order valence-corrected chi connectivity index (χ2v) is 7.98. The van der Waals surface area contributed by atoms with Gasteiger partial charge < -0.3 is 5.32 Å². The van der Waals surface area contributed by atoms with Gasteiger partial charge >= 0.3 is 6.18 Å². The van der Waals surface area contributed by atoms with Gasteiger partial charge in [0.15, 0.2) is 9.84 Å². The van der Waals surface area contributed by atoms with E-state index in [4.69, 9.17) is 11.6 Å². The van der Waals surface area contributed by atoms with Crippen LogP contribution < -0.4 is 5.32 Å². The molecule has 1 heterocycles. The van der Waals surface area contributed by atoms with E-state index in [2.05, 4.69) is 10.3 Å². The van der Waals surface area contributed by atoms with E-state index >= 15 is 0 Å². The van der Waals surface area contributed by atoms with Gasteiger partial charge in [-0.15, -0.1) is 0 Å². The molecular formula is C16H14ClF3N2O3S. The highest BCUT2D eigenvalue weighted by Crippen LogP contribution is 2.31. The Morgan fingerprint density at radius 1 is 1.27 bits per heavy atom. The van der Waals surface area contributed by atoms with Crippen molar-refractivity contribution in [2.24, 2.45) is 0 Å². The van der Waals surface area contributed by atoms with E-state index in [1.54, 1.807) is 0 Å². The first-order valence-electron chi connectivity index (χ1n) is 7.36. The van der Waals surface area contributed by atoms with E-state index in [9.17, 15) is 26.4 Å². The first kappa shape index (κ1) is 20.2. The van der Waals surface area contributed by atoms with Crippen LogP contribution in [0.2, 0.25) is 5.02 Å². The standard InChI is InChI=1S/C16H14ClF3N2O3S/c1-2-26(24,25)14-3-4-21-8-11(14)9-22-15(23)10-5-12(16(18,19)20)7-13(17)6-10/h3-8H,2,9H2,1H3,(H,22,23). The van der Waals surface area contributed by atoms with Crippen LogP contribution >= 0.6 is 11.6 Å². The quantitative estimate of drug-likeness (QED) is 0.824. The molecule has 26 heavy (non-hydrogen) atoms. The number of hydrogen-bond acceptors (Lipinski definition) is 4. The van der Waals surface area contributed by atoms with Crippen molar-refractivity contribution >= 4 is 27.3 Å². The molecule has 0 unspecified atom stereocenters. The normalized spacial score (nSPS) is 12.0. The maximum atomic E-state index is 12.8. The Balaban J connectivity index is 2.25. The summed E-state index contributed by atoms with van der Waals surface area (Å²) in [5.41, 5.74) is -1.10. The largest absolute Gasteiger partial charge is 0.416 e. The van der Waals surface area contributed by atoms with E-state index in [0.29, 0.717) is 12.1 Å². The van der Waals surface area contributed by atoms with Gasteiger partial charge in [0.25, 0.3) is 5.91 Å². The molecule has 0 bridgehead atoms. The molecule has 1 N–H and O–H groups in total. The molecule has 140 valence electrons.